The summed E-state index contributed by atoms with van der Waals surface area (Å²) in [7, 11) is 1.65. The summed E-state index contributed by atoms with van der Waals surface area (Å²) >= 11 is 0. The topological polar surface area (TPSA) is 63.2 Å². The Balaban J connectivity index is 1.68. The molecule has 150 valence electrons. The zero-order valence-electron chi connectivity index (χ0n) is 17.0. The van der Waals surface area contributed by atoms with Crippen molar-refractivity contribution in [1.29, 1.82) is 0 Å². The molecule has 0 amide bonds. The number of methoxy groups -OCH3 is 1. The molecule has 30 heavy (non-hydrogen) atoms. The molecule has 0 radical (unpaired) electrons. The van der Waals surface area contributed by atoms with Gasteiger partial charge >= 0.3 is 0 Å². The molecule has 0 atom stereocenters. The molecule has 6 heteroatoms. The summed E-state index contributed by atoms with van der Waals surface area (Å²) < 4.78 is 5.46. The first-order valence-electron chi connectivity index (χ1n) is 9.71. The Kier molecular flexibility index (Phi) is 5.85. The fraction of sp³-hybridized carbons (Fsp3) is 0.125. The largest absolute Gasteiger partial charge is 0.495 e. The molecule has 0 aliphatic carbocycles. The first kappa shape index (κ1) is 19.4. The van der Waals surface area contributed by atoms with Gasteiger partial charge in [-0.1, -0.05) is 54.6 Å². The van der Waals surface area contributed by atoms with Crippen LogP contribution in [0.1, 0.15) is 11.1 Å². The summed E-state index contributed by atoms with van der Waals surface area (Å²) in [6.45, 7) is 2.66. The van der Waals surface area contributed by atoms with E-state index in [9.17, 15) is 0 Å². The van der Waals surface area contributed by atoms with Crippen LogP contribution in [-0.2, 0) is 6.54 Å². The number of rotatable bonds is 7. The second-order valence-corrected chi connectivity index (χ2v) is 6.88. The minimum Gasteiger partial charge on any atom is -0.495 e. The fourth-order valence-corrected chi connectivity index (χ4v) is 3.18. The van der Waals surface area contributed by atoms with E-state index in [-0.39, 0.29) is 0 Å². The van der Waals surface area contributed by atoms with Crippen molar-refractivity contribution in [2.45, 2.75) is 13.5 Å². The summed E-state index contributed by atoms with van der Waals surface area (Å²) in [5.74, 6) is 1.85. The van der Waals surface area contributed by atoms with E-state index < -0.39 is 0 Å². The summed E-state index contributed by atoms with van der Waals surface area (Å²) in [5.41, 5.74) is 4.10. The fourth-order valence-electron chi connectivity index (χ4n) is 3.18. The second kappa shape index (κ2) is 9.05. The van der Waals surface area contributed by atoms with E-state index in [1.54, 1.807) is 13.3 Å². The minimum absolute atomic E-state index is 0.515. The molecule has 0 saturated heterocycles. The van der Waals surface area contributed by atoms with Crippen LogP contribution in [0.4, 0.5) is 23.1 Å². The van der Waals surface area contributed by atoms with E-state index in [0.29, 0.717) is 18.3 Å². The molecule has 1 aromatic heterocycles. The average Bonchev–Trinajstić information content (AvgIpc) is 2.79. The number of ether oxygens (including phenoxy) is 1. The highest BCUT2D eigenvalue weighted by Gasteiger charge is 2.15. The van der Waals surface area contributed by atoms with Crippen molar-refractivity contribution >= 4 is 23.1 Å². The van der Waals surface area contributed by atoms with Gasteiger partial charge in [0.15, 0.2) is 5.82 Å². The number of aromatic nitrogens is 3. The van der Waals surface area contributed by atoms with Gasteiger partial charge in [0, 0.05) is 5.69 Å². The number of anilines is 4. The van der Waals surface area contributed by atoms with Crippen molar-refractivity contribution in [2.24, 2.45) is 0 Å². The van der Waals surface area contributed by atoms with Gasteiger partial charge in [-0.3, -0.25) is 0 Å². The standard InChI is InChI=1S/C24H23N5O/c1-18-13-14-22(30-2)21(15-18)26-23-16-25-28-24(27-23)29(20-11-7-4-8-12-20)17-19-9-5-3-6-10-19/h3-16H,17H2,1-2H3,(H,26,27,28). The van der Waals surface area contributed by atoms with Gasteiger partial charge in [-0.05, 0) is 42.3 Å². The van der Waals surface area contributed by atoms with Gasteiger partial charge in [0.05, 0.1) is 25.5 Å². The monoisotopic (exact) mass is 397 g/mol. The van der Waals surface area contributed by atoms with Crippen LogP contribution in [-0.4, -0.2) is 22.3 Å². The Morgan fingerprint density at radius 3 is 2.40 bits per heavy atom. The van der Waals surface area contributed by atoms with Crippen LogP contribution in [0.15, 0.2) is 85.1 Å². The summed E-state index contributed by atoms with van der Waals surface area (Å²) in [6, 6.07) is 26.3. The van der Waals surface area contributed by atoms with Crippen LogP contribution >= 0.6 is 0 Å². The molecule has 0 saturated carbocycles. The molecule has 4 rings (SSSR count). The van der Waals surface area contributed by atoms with Crippen LogP contribution < -0.4 is 15.0 Å². The van der Waals surface area contributed by atoms with Crippen molar-refractivity contribution < 1.29 is 4.74 Å². The van der Waals surface area contributed by atoms with Gasteiger partial charge in [-0.2, -0.15) is 10.1 Å². The molecule has 6 nitrogen and oxygen atoms in total. The molecule has 3 aromatic carbocycles. The second-order valence-electron chi connectivity index (χ2n) is 6.88. The van der Waals surface area contributed by atoms with Gasteiger partial charge < -0.3 is 15.0 Å². The molecular weight excluding hydrogens is 374 g/mol. The lowest BCUT2D eigenvalue weighted by molar-refractivity contribution is 0.416. The Labute approximate surface area is 176 Å². The smallest absolute Gasteiger partial charge is 0.252 e. The lowest BCUT2D eigenvalue weighted by Crippen LogP contribution is -2.20. The van der Waals surface area contributed by atoms with Crippen molar-refractivity contribution in [1.82, 2.24) is 15.2 Å². The number of nitrogens with one attached hydrogen (secondary N) is 1. The van der Waals surface area contributed by atoms with Crippen LogP contribution in [0.2, 0.25) is 0 Å². The molecule has 0 unspecified atom stereocenters. The maximum atomic E-state index is 5.46. The van der Waals surface area contributed by atoms with Crippen molar-refractivity contribution in [3.8, 4) is 5.75 Å². The molecule has 1 heterocycles. The third-order valence-corrected chi connectivity index (χ3v) is 4.66. The number of hydrogen-bond donors (Lipinski definition) is 1. The third kappa shape index (κ3) is 4.55. The zero-order chi connectivity index (χ0) is 20.8. The van der Waals surface area contributed by atoms with E-state index in [1.807, 2.05) is 78.6 Å². The number of benzene rings is 3. The van der Waals surface area contributed by atoms with E-state index in [1.165, 1.54) is 0 Å². The van der Waals surface area contributed by atoms with Crippen LogP contribution in [0.5, 0.6) is 5.75 Å². The Bertz CT molecular complexity index is 1100. The number of aryl methyl sites for hydroxylation is 1. The minimum atomic E-state index is 0.515. The molecular formula is C24H23N5O. The first-order valence-corrected chi connectivity index (χ1v) is 9.71. The summed E-state index contributed by atoms with van der Waals surface area (Å²) in [6.07, 6.45) is 1.61. The molecule has 0 fully saturated rings. The Hall–Kier alpha value is -3.93. The van der Waals surface area contributed by atoms with Crippen molar-refractivity contribution in [3.05, 3.63) is 96.2 Å². The highest BCUT2D eigenvalue weighted by Crippen LogP contribution is 2.29. The molecule has 1 N–H and O–H groups in total. The van der Waals surface area contributed by atoms with Crippen molar-refractivity contribution in [3.63, 3.8) is 0 Å². The Morgan fingerprint density at radius 2 is 1.67 bits per heavy atom. The predicted molar refractivity (Wildman–Crippen MR) is 120 cm³/mol. The van der Waals surface area contributed by atoms with E-state index in [2.05, 4.69) is 27.6 Å². The van der Waals surface area contributed by atoms with Gasteiger partial charge in [-0.15, -0.1) is 5.10 Å². The van der Waals surface area contributed by atoms with Crippen molar-refractivity contribution in [2.75, 3.05) is 17.3 Å². The molecule has 4 aromatic rings. The number of nitrogens with zero attached hydrogens (tertiary/aromatic N) is 4. The predicted octanol–water partition coefficient (Wildman–Crippen LogP) is 5.27. The van der Waals surface area contributed by atoms with Gasteiger partial charge in [-0.25, -0.2) is 0 Å². The maximum Gasteiger partial charge on any atom is 0.252 e. The normalized spacial score (nSPS) is 10.5. The zero-order valence-corrected chi connectivity index (χ0v) is 17.0. The van der Waals surface area contributed by atoms with E-state index in [4.69, 9.17) is 9.72 Å². The van der Waals surface area contributed by atoms with Gasteiger partial charge in [0.25, 0.3) is 5.95 Å². The van der Waals surface area contributed by atoms with Gasteiger partial charge in [0.2, 0.25) is 0 Å². The first-order chi connectivity index (χ1) is 14.7. The molecule has 0 aliphatic heterocycles. The lowest BCUT2D eigenvalue weighted by atomic mass is 10.2. The average molecular weight is 397 g/mol. The number of hydrogen-bond acceptors (Lipinski definition) is 6. The van der Waals surface area contributed by atoms with Crippen LogP contribution in [0, 0.1) is 6.92 Å². The Morgan fingerprint density at radius 1 is 0.933 bits per heavy atom. The lowest BCUT2D eigenvalue weighted by Gasteiger charge is -2.23. The summed E-state index contributed by atoms with van der Waals surface area (Å²) in [4.78, 5) is 6.77. The highest BCUT2D eigenvalue weighted by molar-refractivity contribution is 5.66. The quantitative estimate of drug-likeness (QED) is 0.458. The maximum absolute atomic E-state index is 5.46. The third-order valence-electron chi connectivity index (χ3n) is 4.66. The van der Waals surface area contributed by atoms with Gasteiger partial charge in [0.1, 0.15) is 5.75 Å². The van der Waals surface area contributed by atoms with E-state index in [0.717, 1.165) is 28.3 Å². The molecule has 0 bridgehead atoms. The summed E-state index contributed by atoms with van der Waals surface area (Å²) in [5, 5.41) is 11.8. The SMILES string of the molecule is COc1ccc(C)cc1Nc1cnnc(N(Cc2ccccc2)c2ccccc2)n1. The van der Waals surface area contributed by atoms with Crippen LogP contribution in [0.3, 0.4) is 0 Å². The molecule has 0 aliphatic rings. The van der Waals surface area contributed by atoms with E-state index >= 15 is 0 Å². The van der Waals surface area contributed by atoms with Crippen LogP contribution in [0.25, 0.3) is 0 Å². The highest BCUT2D eigenvalue weighted by atomic mass is 16.5. The number of para-hydroxylation sites is 1. The molecule has 0 spiro atoms.